The van der Waals surface area contributed by atoms with E-state index in [4.69, 9.17) is 0 Å². The predicted molar refractivity (Wildman–Crippen MR) is 75.4 cm³/mol. The van der Waals surface area contributed by atoms with Crippen molar-refractivity contribution in [1.29, 1.82) is 0 Å². The van der Waals surface area contributed by atoms with Crippen LogP contribution in [0.5, 0.6) is 0 Å². The second-order valence-corrected chi connectivity index (χ2v) is 5.84. The molecule has 2 aromatic rings. The number of hydrogen-bond acceptors (Lipinski definition) is 6. The lowest BCUT2D eigenvalue weighted by atomic mass is 10.1. The van der Waals surface area contributed by atoms with Crippen molar-refractivity contribution in [2.24, 2.45) is 5.92 Å². The summed E-state index contributed by atoms with van der Waals surface area (Å²) in [6.45, 7) is 0. The van der Waals surface area contributed by atoms with E-state index in [1.54, 1.807) is 6.20 Å². The summed E-state index contributed by atoms with van der Waals surface area (Å²) >= 11 is 2.69. The number of hydrogen-bond donors (Lipinski definition) is 1. The van der Waals surface area contributed by atoms with Crippen LogP contribution in [0.15, 0.2) is 29.7 Å². The number of aromatic nitrogens is 3. The van der Waals surface area contributed by atoms with Crippen LogP contribution in [0.2, 0.25) is 0 Å². The van der Waals surface area contributed by atoms with Crippen LogP contribution in [0.3, 0.4) is 0 Å². The Hall–Kier alpha value is -1.47. The minimum absolute atomic E-state index is 0.0256. The number of nitrogens with zero attached hydrogens (tertiary/aromatic N) is 3. The fourth-order valence-electron chi connectivity index (χ4n) is 1.99. The van der Waals surface area contributed by atoms with Crippen LogP contribution in [0, 0.1) is 5.92 Å². The second kappa shape index (κ2) is 5.26. The van der Waals surface area contributed by atoms with Crippen molar-refractivity contribution in [1.82, 2.24) is 14.3 Å². The molecule has 1 N–H and O–H groups in total. The first kappa shape index (κ1) is 12.6. The monoisotopic (exact) mass is 292 g/mol. The first-order chi connectivity index (χ1) is 9.28. The first-order valence-electron chi connectivity index (χ1n) is 5.86. The zero-order chi connectivity index (χ0) is 13.2. The minimum atomic E-state index is 0.0256. The molecule has 7 heteroatoms. The van der Waals surface area contributed by atoms with E-state index in [0.717, 1.165) is 12.0 Å². The number of nitrogens with one attached hydrogen (secondary N) is 1. The van der Waals surface area contributed by atoms with Crippen LogP contribution in [-0.2, 0) is 4.79 Å². The molecule has 98 valence electrons. The van der Waals surface area contributed by atoms with Gasteiger partial charge in [0.15, 0.2) is 0 Å². The van der Waals surface area contributed by atoms with Crippen molar-refractivity contribution in [2.45, 2.75) is 17.5 Å². The van der Waals surface area contributed by atoms with Gasteiger partial charge in [-0.2, -0.15) is 9.36 Å². The van der Waals surface area contributed by atoms with Crippen LogP contribution in [-0.4, -0.2) is 26.5 Å². The Balaban J connectivity index is 1.61. The summed E-state index contributed by atoms with van der Waals surface area (Å²) in [4.78, 5) is 20.3. The summed E-state index contributed by atoms with van der Waals surface area (Å²) in [6, 6.07) is 3.92. The Morgan fingerprint density at radius 1 is 1.58 bits per heavy atom. The number of carbonyl (C=O) groups is 1. The Kier molecular flexibility index (Phi) is 3.48. The van der Waals surface area contributed by atoms with Crippen molar-refractivity contribution in [3.63, 3.8) is 0 Å². The average molecular weight is 292 g/mol. The molecule has 0 aromatic carbocycles. The number of rotatable bonds is 4. The fourth-order valence-corrected chi connectivity index (χ4v) is 3.12. The van der Waals surface area contributed by atoms with E-state index in [9.17, 15) is 4.79 Å². The lowest BCUT2D eigenvalue weighted by Gasteiger charge is -2.00. The van der Waals surface area contributed by atoms with Gasteiger partial charge in [-0.3, -0.25) is 9.78 Å². The maximum Gasteiger partial charge on any atom is 0.229 e. The van der Waals surface area contributed by atoms with Gasteiger partial charge in [-0.05, 0) is 30.2 Å². The van der Waals surface area contributed by atoms with E-state index in [1.807, 2.05) is 24.6 Å². The van der Waals surface area contributed by atoms with Gasteiger partial charge < -0.3 is 5.32 Å². The molecule has 1 aliphatic rings. The minimum Gasteiger partial charge on any atom is -0.300 e. The van der Waals surface area contributed by atoms with Crippen LogP contribution in [0.25, 0.3) is 0 Å². The van der Waals surface area contributed by atoms with Gasteiger partial charge >= 0.3 is 0 Å². The molecule has 0 radical (unpaired) electrons. The lowest BCUT2D eigenvalue weighted by molar-refractivity contribution is -0.117. The molecule has 1 saturated carbocycles. The number of thioether (sulfide) groups is 1. The molecular formula is C12H12N4OS2. The van der Waals surface area contributed by atoms with E-state index in [0.29, 0.717) is 16.2 Å². The molecule has 2 atom stereocenters. The van der Waals surface area contributed by atoms with Crippen molar-refractivity contribution in [3.8, 4) is 0 Å². The molecule has 3 rings (SSSR count). The molecular weight excluding hydrogens is 280 g/mol. The molecule has 19 heavy (non-hydrogen) atoms. The number of pyridine rings is 1. The summed E-state index contributed by atoms with van der Waals surface area (Å²) < 4.78 is 4.11. The number of amides is 1. The van der Waals surface area contributed by atoms with Crippen molar-refractivity contribution in [3.05, 3.63) is 30.1 Å². The molecule has 5 nitrogen and oxygen atoms in total. The maximum atomic E-state index is 12.1. The zero-order valence-electron chi connectivity index (χ0n) is 10.2. The smallest absolute Gasteiger partial charge is 0.229 e. The van der Waals surface area contributed by atoms with E-state index in [1.165, 1.54) is 23.3 Å². The second-order valence-electron chi connectivity index (χ2n) is 4.31. The molecule has 1 fully saturated rings. The highest BCUT2D eigenvalue weighted by molar-refractivity contribution is 7.98. The molecule has 1 aliphatic carbocycles. The third-order valence-electron chi connectivity index (χ3n) is 3.06. The normalized spacial score (nSPS) is 21.1. The highest BCUT2D eigenvalue weighted by Gasteiger charge is 2.44. The van der Waals surface area contributed by atoms with Gasteiger partial charge in [-0.1, -0.05) is 17.8 Å². The Bertz CT molecular complexity index is 586. The fraction of sp³-hybridized carbons (Fsp3) is 0.333. The third-order valence-corrected chi connectivity index (χ3v) is 4.35. The van der Waals surface area contributed by atoms with Gasteiger partial charge in [-0.25, -0.2) is 0 Å². The van der Waals surface area contributed by atoms with Crippen molar-refractivity contribution >= 4 is 34.3 Å². The van der Waals surface area contributed by atoms with Crippen LogP contribution < -0.4 is 5.32 Å². The summed E-state index contributed by atoms with van der Waals surface area (Å²) in [5, 5.41) is 4.10. The van der Waals surface area contributed by atoms with E-state index >= 15 is 0 Å². The van der Waals surface area contributed by atoms with Gasteiger partial charge in [0.05, 0.1) is 0 Å². The molecule has 2 heterocycles. The molecule has 0 saturated heterocycles. The Morgan fingerprint density at radius 2 is 2.47 bits per heavy atom. The topological polar surface area (TPSA) is 67.8 Å². The lowest BCUT2D eigenvalue weighted by Crippen LogP contribution is -2.14. The quantitative estimate of drug-likeness (QED) is 0.876. The molecule has 0 bridgehead atoms. The van der Waals surface area contributed by atoms with Crippen LogP contribution in [0.1, 0.15) is 17.9 Å². The summed E-state index contributed by atoms with van der Waals surface area (Å²) in [7, 11) is 0. The first-order valence-corrected chi connectivity index (χ1v) is 7.86. The predicted octanol–water partition coefficient (Wildman–Crippen LogP) is 2.40. The zero-order valence-corrected chi connectivity index (χ0v) is 11.9. The Labute approximate surface area is 119 Å². The van der Waals surface area contributed by atoms with E-state index < -0.39 is 0 Å². The highest BCUT2D eigenvalue weighted by Crippen LogP contribution is 2.47. The molecule has 1 amide bonds. The standard InChI is InChI=1S/C12H12N4OS2/c1-18-12-15-11(19-16-12)14-10(17)9-5-8(9)7-3-2-4-13-6-7/h2-4,6,8-9H,5H2,1H3,(H,14,15,16,17)/t8-,9-/m1/s1. The maximum absolute atomic E-state index is 12.1. The summed E-state index contributed by atoms with van der Waals surface area (Å²) in [6.07, 6.45) is 6.36. The van der Waals surface area contributed by atoms with Gasteiger partial charge in [0, 0.05) is 29.8 Å². The summed E-state index contributed by atoms with van der Waals surface area (Å²) in [5.41, 5.74) is 1.13. The third kappa shape index (κ3) is 2.76. The molecule has 2 aromatic heterocycles. The van der Waals surface area contributed by atoms with Gasteiger partial charge in [0.1, 0.15) is 0 Å². The average Bonchev–Trinajstić information content (AvgIpc) is 3.13. The molecule has 0 aliphatic heterocycles. The number of carbonyl (C=O) groups excluding carboxylic acids is 1. The van der Waals surface area contributed by atoms with Crippen molar-refractivity contribution < 1.29 is 4.79 Å². The summed E-state index contributed by atoms with van der Waals surface area (Å²) in [5.74, 6) is 0.352. The van der Waals surface area contributed by atoms with E-state index in [-0.39, 0.29) is 11.8 Å². The SMILES string of the molecule is CSc1nsc(NC(=O)[C@@H]2C[C@@H]2c2cccnc2)n1. The van der Waals surface area contributed by atoms with Crippen LogP contribution >= 0.6 is 23.3 Å². The molecule has 0 unspecified atom stereocenters. The van der Waals surface area contributed by atoms with Gasteiger partial charge in [0.25, 0.3) is 0 Å². The Morgan fingerprint density at radius 3 is 3.16 bits per heavy atom. The molecule has 0 spiro atoms. The van der Waals surface area contributed by atoms with Crippen LogP contribution in [0.4, 0.5) is 5.13 Å². The van der Waals surface area contributed by atoms with Crippen molar-refractivity contribution in [2.75, 3.05) is 11.6 Å². The van der Waals surface area contributed by atoms with E-state index in [2.05, 4.69) is 19.7 Å². The van der Waals surface area contributed by atoms with Gasteiger partial charge in [0.2, 0.25) is 16.2 Å². The largest absolute Gasteiger partial charge is 0.300 e. The number of anilines is 1. The highest BCUT2D eigenvalue weighted by atomic mass is 32.2. The van der Waals surface area contributed by atoms with Gasteiger partial charge in [-0.15, -0.1) is 0 Å².